The first-order valence-electron chi connectivity index (χ1n) is 8.29. The van der Waals surface area contributed by atoms with E-state index in [1.807, 2.05) is 24.3 Å². The number of nitriles is 1. The van der Waals surface area contributed by atoms with Gasteiger partial charge in [0.2, 0.25) is 5.79 Å². The maximum atomic E-state index is 8.99. The van der Waals surface area contributed by atoms with E-state index in [1.165, 1.54) is 25.8 Å². The monoisotopic (exact) mass is 365 g/mol. The van der Waals surface area contributed by atoms with Gasteiger partial charge in [0.1, 0.15) is 0 Å². The van der Waals surface area contributed by atoms with Gasteiger partial charge in [0.05, 0.1) is 34.6 Å². The summed E-state index contributed by atoms with van der Waals surface area (Å²) < 4.78 is 12.5. The topological polar surface area (TPSA) is 42.2 Å². The highest BCUT2D eigenvalue weighted by Gasteiger charge is 2.47. The van der Waals surface area contributed by atoms with Crippen LogP contribution in [0.5, 0.6) is 0 Å². The van der Waals surface area contributed by atoms with Crippen molar-refractivity contribution >= 4 is 22.7 Å². The lowest BCUT2D eigenvalue weighted by molar-refractivity contribution is -0.225. The van der Waals surface area contributed by atoms with Gasteiger partial charge in [-0.15, -0.1) is 22.7 Å². The Kier molecular flexibility index (Phi) is 3.54. The van der Waals surface area contributed by atoms with Crippen LogP contribution < -0.4 is 0 Å². The molecule has 0 bridgehead atoms. The van der Waals surface area contributed by atoms with Crippen molar-refractivity contribution in [1.29, 1.82) is 5.26 Å². The summed E-state index contributed by atoms with van der Waals surface area (Å²) >= 11 is 3.47. The molecule has 124 valence electrons. The number of hydrogen-bond donors (Lipinski definition) is 0. The molecule has 0 aliphatic carbocycles. The van der Waals surface area contributed by atoms with Crippen LogP contribution in [0, 0.1) is 11.3 Å². The van der Waals surface area contributed by atoms with Gasteiger partial charge in [0.15, 0.2) is 0 Å². The SMILES string of the molecule is N#Cc1ccc(-c2cc3c(s2)C2(OCCc4ccsc42)OCC3)cc1. The molecule has 4 heterocycles. The minimum atomic E-state index is -0.717. The Morgan fingerprint density at radius 2 is 1.72 bits per heavy atom. The third-order valence-electron chi connectivity index (χ3n) is 4.81. The zero-order valence-corrected chi connectivity index (χ0v) is 15.1. The first-order chi connectivity index (χ1) is 12.3. The minimum Gasteiger partial charge on any atom is -0.341 e. The molecule has 1 unspecified atom stereocenters. The second-order valence-electron chi connectivity index (χ2n) is 6.24. The Hall–Kier alpha value is -1.97. The first kappa shape index (κ1) is 15.3. The van der Waals surface area contributed by atoms with Gasteiger partial charge in [0.25, 0.3) is 0 Å². The second-order valence-corrected chi connectivity index (χ2v) is 8.21. The highest BCUT2D eigenvalue weighted by atomic mass is 32.1. The van der Waals surface area contributed by atoms with Gasteiger partial charge in [-0.1, -0.05) is 12.1 Å². The number of fused-ring (bicyclic) bond motifs is 4. The Morgan fingerprint density at radius 1 is 0.960 bits per heavy atom. The molecule has 0 radical (unpaired) electrons. The normalized spacial score (nSPS) is 21.6. The Morgan fingerprint density at radius 3 is 2.48 bits per heavy atom. The lowest BCUT2D eigenvalue weighted by Crippen LogP contribution is -2.41. The largest absolute Gasteiger partial charge is 0.341 e. The molecule has 25 heavy (non-hydrogen) atoms. The number of thiophene rings is 2. The summed E-state index contributed by atoms with van der Waals surface area (Å²) in [6.07, 6.45) is 1.86. The maximum Gasteiger partial charge on any atom is 0.241 e. The van der Waals surface area contributed by atoms with Crippen LogP contribution in [0.3, 0.4) is 0 Å². The molecule has 5 heteroatoms. The molecule has 0 fully saturated rings. The van der Waals surface area contributed by atoms with Crippen LogP contribution in [-0.4, -0.2) is 13.2 Å². The highest BCUT2D eigenvalue weighted by molar-refractivity contribution is 7.16. The fraction of sp³-hybridized carbons (Fsp3) is 0.250. The highest BCUT2D eigenvalue weighted by Crippen LogP contribution is 2.50. The van der Waals surface area contributed by atoms with Crippen molar-refractivity contribution in [3.05, 3.63) is 68.2 Å². The van der Waals surface area contributed by atoms with E-state index < -0.39 is 5.79 Å². The molecule has 1 spiro atoms. The Balaban J connectivity index is 1.64. The molecule has 5 rings (SSSR count). The number of benzene rings is 1. The average Bonchev–Trinajstić information content (AvgIpc) is 3.30. The standard InChI is InChI=1S/C20H15NO2S2/c21-12-13-1-3-14(4-2-13)17-11-16-6-9-23-20(19(16)25-17)18-15(5-8-22-20)7-10-24-18/h1-4,7,10-11H,5-6,8-9H2. The third kappa shape index (κ3) is 2.30. The van der Waals surface area contributed by atoms with Crippen molar-refractivity contribution in [1.82, 2.24) is 0 Å². The van der Waals surface area contributed by atoms with Gasteiger partial charge in [-0.2, -0.15) is 5.26 Å². The van der Waals surface area contributed by atoms with E-state index in [0.29, 0.717) is 18.8 Å². The lowest BCUT2D eigenvalue weighted by Gasteiger charge is -2.39. The maximum absolute atomic E-state index is 8.99. The number of ether oxygens (including phenoxy) is 2. The summed E-state index contributed by atoms with van der Waals surface area (Å²) in [6.45, 7) is 1.36. The van der Waals surface area contributed by atoms with Crippen molar-refractivity contribution in [3.63, 3.8) is 0 Å². The molecule has 0 saturated heterocycles. The molecule has 1 atom stereocenters. The summed E-state index contributed by atoms with van der Waals surface area (Å²) in [5.74, 6) is -0.717. The van der Waals surface area contributed by atoms with Gasteiger partial charge < -0.3 is 9.47 Å². The first-order valence-corrected chi connectivity index (χ1v) is 9.98. The number of rotatable bonds is 1. The van der Waals surface area contributed by atoms with Crippen LogP contribution in [0.15, 0.2) is 41.8 Å². The van der Waals surface area contributed by atoms with Gasteiger partial charge in [-0.25, -0.2) is 0 Å². The molecule has 0 saturated carbocycles. The molecule has 0 N–H and O–H groups in total. The zero-order valence-electron chi connectivity index (χ0n) is 13.5. The number of hydrogen-bond acceptors (Lipinski definition) is 5. The average molecular weight is 365 g/mol. The van der Waals surface area contributed by atoms with Crippen molar-refractivity contribution in [2.45, 2.75) is 18.6 Å². The molecule has 2 aliphatic heterocycles. The minimum absolute atomic E-state index is 0.674. The van der Waals surface area contributed by atoms with Gasteiger partial charge in [0, 0.05) is 4.88 Å². The molecule has 3 aromatic rings. The third-order valence-corrected chi connectivity index (χ3v) is 7.15. The summed E-state index contributed by atoms with van der Waals surface area (Å²) in [5.41, 5.74) is 4.48. The Bertz CT molecular complexity index is 976. The van der Waals surface area contributed by atoms with Crippen LogP contribution in [0.1, 0.15) is 26.4 Å². The molecule has 2 aromatic heterocycles. The van der Waals surface area contributed by atoms with Crippen molar-refractivity contribution in [3.8, 4) is 16.5 Å². The van der Waals surface area contributed by atoms with Crippen LogP contribution in [0.4, 0.5) is 0 Å². The van der Waals surface area contributed by atoms with Gasteiger partial charge >= 0.3 is 0 Å². The van der Waals surface area contributed by atoms with E-state index in [-0.39, 0.29) is 0 Å². The molecule has 1 aromatic carbocycles. The molecular formula is C20H15NO2S2. The van der Waals surface area contributed by atoms with Gasteiger partial charge in [-0.3, -0.25) is 0 Å². The molecule has 0 amide bonds. The fourth-order valence-electron chi connectivity index (χ4n) is 3.58. The van der Waals surface area contributed by atoms with E-state index in [4.69, 9.17) is 14.7 Å². The van der Waals surface area contributed by atoms with Crippen LogP contribution >= 0.6 is 22.7 Å². The molecule has 2 aliphatic rings. The van der Waals surface area contributed by atoms with E-state index in [2.05, 4.69) is 23.6 Å². The van der Waals surface area contributed by atoms with E-state index in [1.54, 1.807) is 22.7 Å². The van der Waals surface area contributed by atoms with Crippen molar-refractivity contribution < 1.29 is 9.47 Å². The van der Waals surface area contributed by atoms with Crippen LogP contribution in [-0.2, 0) is 28.1 Å². The van der Waals surface area contributed by atoms with Gasteiger partial charge in [-0.05, 0) is 59.2 Å². The summed E-state index contributed by atoms with van der Waals surface area (Å²) in [6, 6.07) is 14.4. The molecular weight excluding hydrogens is 350 g/mol. The summed E-state index contributed by atoms with van der Waals surface area (Å²) in [7, 11) is 0. The summed E-state index contributed by atoms with van der Waals surface area (Å²) in [4.78, 5) is 3.58. The number of nitrogens with zero attached hydrogens (tertiary/aromatic N) is 1. The van der Waals surface area contributed by atoms with Crippen LogP contribution in [0.2, 0.25) is 0 Å². The van der Waals surface area contributed by atoms with Crippen molar-refractivity contribution in [2.75, 3.05) is 13.2 Å². The van der Waals surface area contributed by atoms with E-state index >= 15 is 0 Å². The zero-order chi connectivity index (χ0) is 16.9. The fourth-order valence-corrected chi connectivity index (χ4v) is 6.03. The second kappa shape index (κ2) is 5.79. The molecule has 3 nitrogen and oxygen atoms in total. The lowest BCUT2D eigenvalue weighted by atomic mass is 9.97. The smallest absolute Gasteiger partial charge is 0.241 e. The van der Waals surface area contributed by atoms with Crippen LogP contribution in [0.25, 0.3) is 10.4 Å². The van der Waals surface area contributed by atoms with E-state index in [0.717, 1.165) is 18.4 Å². The summed E-state index contributed by atoms with van der Waals surface area (Å²) in [5, 5.41) is 11.1. The van der Waals surface area contributed by atoms with Crippen molar-refractivity contribution in [2.24, 2.45) is 0 Å². The predicted octanol–water partition coefficient (Wildman–Crippen LogP) is 4.69. The Labute approximate surface area is 154 Å². The predicted molar refractivity (Wildman–Crippen MR) is 98.9 cm³/mol. The van der Waals surface area contributed by atoms with E-state index in [9.17, 15) is 0 Å². The quantitative estimate of drug-likeness (QED) is 0.628.